The van der Waals surface area contributed by atoms with Gasteiger partial charge in [-0.25, -0.2) is 29.3 Å². The van der Waals surface area contributed by atoms with Gasteiger partial charge in [0.15, 0.2) is 5.82 Å². The Labute approximate surface area is 209 Å². The van der Waals surface area contributed by atoms with Crippen molar-refractivity contribution in [3.63, 3.8) is 0 Å². The van der Waals surface area contributed by atoms with Crippen LogP contribution >= 0.6 is 0 Å². The summed E-state index contributed by atoms with van der Waals surface area (Å²) in [6, 6.07) is 7.83. The Hall–Kier alpha value is -3.63. The maximum absolute atomic E-state index is 15.0. The largest absolute Gasteiger partial charge is 0.368 e. The Bertz CT molecular complexity index is 1440. The molecule has 0 saturated carbocycles. The van der Waals surface area contributed by atoms with Crippen LogP contribution in [0.4, 0.5) is 21.8 Å². The van der Waals surface area contributed by atoms with Crippen LogP contribution < -0.4 is 16.1 Å². The highest BCUT2D eigenvalue weighted by molar-refractivity contribution is 5.86. The molecule has 3 N–H and O–H groups in total. The van der Waals surface area contributed by atoms with Crippen molar-refractivity contribution in [2.45, 2.75) is 39.2 Å². The number of aromatic nitrogens is 5. The molecule has 2 aliphatic rings. The summed E-state index contributed by atoms with van der Waals surface area (Å²) < 4.78 is 17.2. The van der Waals surface area contributed by atoms with E-state index in [1.54, 1.807) is 0 Å². The van der Waals surface area contributed by atoms with Crippen molar-refractivity contribution in [3.8, 4) is 11.3 Å². The minimum atomic E-state index is -0.470. The van der Waals surface area contributed by atoms with Gasteiger partial charge in [-0.2, -0.15) is 0 Å². The van der Waals surface area contributed by atoms with Gasteiger partial charge in [0.1, 0.15) is 17.3 Å². The third-order valence-corrected chi connectivity index (χ3v) is 7.27. The van der Waals surface area contributed by atoms with Crippen LogP contribution in [0, 0.1) is 12.7 Å². The van der Waals surface area contributed by atoms with Crippen LogP contribution in [-0.2, 0) is 12.0 Å². The van der Waals surface area contributed by atoms with E-state index < -0.39 is 5.82 Å². The lowest BCUT2D eigenvalue weighted by Crippen LogP contribution is -2.49. The fourth-order valence-electron chi connectivity index (χ4n) is 5.28. The van der Waals surface area contributed by atoms with Crippen LogP contribution in [0.1, 0.15) is 31.7 Å². The summed E-state index contributed by atoms with van der Waals surface area (Å²) in [5, 5.41) is 4.94. The van der Waals surface area contributed by atoms with Crippen molar-refractivity contribution in [2.24, 2.45) is 5.84 Å². The number of nitrogens with two attached hydrogens (primary N) is 1. The maximum atomic E-state index is 15.0. The second kappa shape index (κ2) is 8.49. The highest BCUT2D eigenvalue weighted by Crippen LogP contribution is 2.38. The lowest BCUT2D eigenvalue weighted by Gasteiger charge is -2.33. The molecule has 4 aromatic rings. The molecule has 36 heavy (non-hydrogen) atoms. The molecule has 10 heteroatoms. The molecule has 1 saturated heterocycles. The van der Waals surface area contributed by atoms with Crippen molar-refractivity contribution in [1.82, 2.24) is 29.5 Å². The van der Waals surface area contributed by atoms with Crippen molar-refractivity contribution in [3.05, 3.63) is 53.9 Å². The number of hydrogen-bond donors (Lipinski definition) is 2. The molecule has 0 spiro atoms. The molecule has 0 unspecified atom stereocenters. The van der Waals surface area contributed by atoms with E-state index in [4.69, 9.17) is 10.8 Å². The molecule has 0 bridgehead atoms. The zero-order chi connectivity index (χ0) is 25.0. The smallest absolute Gasteiger partial charge is 0.229 e. The first-order valence-corrected chi connectivity index (χ1v) is 12.3. The number of rotatable bonds is 4. The standard InChI is InChI=1S/C26H30FN9/c1-16-12-17(13-20-23(16)32-22-6-7-26(2,3)36(20)22)24-19(27)15-30-25(33-24)31-21-5-4-18(14-29-21)34-8-10-35(28)11-9-34/h4-5,12-15H,6-11,28H2,1-3H3,(H,29,30,31,33). The molecule has 1 fully saturated rings. The normalized spacial score (nSPS) is 17.5. The van der Waals surface area contributed by atoms with E-state index in [0.717, 1.165) is 67.1 Å². The summed E-state index contributed by atoms with van der Waals surface area (Å²) in [5.41, 5.74) is 4.95. The third-order valence-electron chi connectivity index (χ3n) is 7.27. The Balaban J connectivity index is 1.29. The summed E-state index contributed by atoms with van der Waals surface area (Å²) in [5.74, 6) is 7.35. The number of aryl methyl sites for hydroxylation is 2. The quantitative estimate of drug-likeness (QED) is 0.420. The molecule has 0 aliphatic carbocycles. The van der Waals surface area contributed by atoms with Crippen LogP contribution in [-0.4, -0.2) is 55.7 Å². The number of nitrogens with one attached hydrogen (secondary N) is 1. The van der Waals surface area contributed by atoms with Gasteiger partial charge in [-0.05, 0) is 57.0 Å². The fourth-order valence-corrected chi connectivity index (χ4v) is 5.28. The van der Waals surface area contributed by atoms with Gasteiger partial charge in [0, 0.05) is 43.7 Å². The molecule has 1 aromatic carbocycles. The summed E-state index contributed by atoms with van der Waals surface area (Å²) in [4.78, 5) is 20.3. The van der Waals surface area contributed by atoms with Crippen LogP contribution in [0.5, 0.6) is 0 Å². The first-order valence-electron chi connectivity index (χ1n) is 12.3. The lowest BCUT2D eigenvalue weighted by molar-refractivity contribution is 0.266. The minimum absolute atomic E-state index is 0.0260. The number of hydrogen-bond acceptors (Lipinski definition) is 8. The first kappa shape index (κ1) is 22.8. The molecule has 6 rings (SSSR count). The van der Waals surface area contributed by atoms with Crippen LogP contribution in [0.15, 0.2) is 36.7 Å². The van der Waals surface area contributed by atoms with E-state index in [1.807, 2.05) is 42.4 Å². The second-order valence-corrected chi connectivity index (χ2v) is 10.3. The number of halogens is 1. The lowest BCUT2D eigenvalue weighted by atomic mass is 10.0. The molecular formula is C26H30FN9. The highest BCUT2D eigenvalue weighted by atomic mass is 19.1. The molecule has 2 aliphatic heterocycles. The number of anilines is 3. The minimum Gasteiger partial charge on any atom is -0.368 e. The van der Waals surface area contributed by atoms with Crippen LogP contribution in [0.3, 0.4) is 0 Å². The first-order chi connectivity index (χ1) is 17.3. The van der Waals surface area contributed by atoms with E-state index in [-0.39, 0.29) is 11.2 Å². The fraction of sp³-hybridized carbons (Fsp3) is 0.385. The summed E-state index contributed by atoms with van der Waals surface area (Å²) in [6.07, 6.45) is 5.01. The van der Waals surface area contributed by atoms with Crippen molar-refractivity contribution < 1.29 is 4.39 Å². The number of pyridine rings is 1. The molecule has 0 amide bonds. The van der Waals surface area contributed by atoms with E-state index >= 15 is 0 Å². The van der Waals surface area contributed by atoms with E-state index in [1.165, 1.54) is 6.20 Å². The maximum Gasteiger partial charge on any atom is 0.229 e. The Morgan fingerprint density at radius 1 is 1.03 bits per heavy atom. The van der Waals surface area contributed by atoms with E-state index in [9.17, 15) is 4.39 Å². The van der Waals surface area contributed by atoms with E-state index in [2.05, 4.69) is 43.6 Å². The monoisotopic (exact) mass is 487 g/mol. The van der Waals surface area contributed by atoms with Gasteiger partial charge >= 0.3 is 0 Å². The van der Waals surface area contributed by atoms with Crippen LogP contribution in [0.2, 0.25) is 0 Å². The topological polar surface area (TPSA) is 101 Å². The average Bonchev–Trinajstić information content (AvgIpc) is 3.39. The average molecular weight is 488 g/mol. The SMILES string of the molecule is Cc1cc(-c2nc(Nc3ccc(N4CCN(N)CC4)cn3)ncc2F)cc2c1nc1n2C(C)(C)CC1. The van der Waals surface area contributed by atoms with Crippen molar-refractivity contribution in [1.29, 1.82) is 0 Å². The molecular weight excluding hydrogens is 457 g/mol. The molecule has 0 atom stereocenters. The summed E-state index contributed by atoms with van der Waals surface area (Å²) in [7, 11) is 0. The predicted molar refractivity (Wildman–Crippen MR) is 139 cm³/mol. The number of hydrazine groups is 1. The zero-order valence-corrected chi connectivity index (χ0v) is 20.8. The predicted octanol–water partition coefficient (Wildman–Crippen LogP) is 3.76. The van der Waals surface area contributed by atoms with Crippen molar-refractivity contribution in [2.75, 3.05) is 36.4 Å². The number of imidazole rings is 1. The number of benzene rings is 1. The second-order valence-electron chi connectivity index (χ2n) is 10.3. The van der Waals surface area contributed by atoms with Gasteiger partial charge in [-0.3, -0.25) is 5.84 Å². The molecule has 3 aromatic heterocycles. The highest BCUT2D eigenvalue weighted by Gasteiger charge is 2.32. The number of piperazine rings is 1. The summed E-state index contributed by atoms with van der Waals surface area (Å²) in [6.45, 7) is 9.80. The van der Waals surface area contributed by atoms with Gasteiger partial charge in [-0.15, -0.1) is 0 Å². The Morgan fingerprint density at radius 2 is 1.83 bits per heavy atom. The molecule has 0 radical (unpaired) electrons. The molecule has 9 nitrogen and oxygen atoms in total. The van der Waals surface area contributed by atoms with Gasteiger partial charge in [-0.1, -0.05) is 0 Å². The molecule has 186 valence electrons. The summed E-state index contributed by atoms with van der Waals surface area (Å²) >= 11 is 0. The van der Waals surface area contributed by atoms with Gasteiger partial charge in [0.2, 0.25) is 5.95 Å². The number of nitrogens with zero attached hydrogens (tertiary/aromatic N) is 7. The number of fused-ring (bicyclic) bond motifs is 3. The van der Waals surface area contributed by atoms with Gasteiger partial charge in [0.25, 0.3) is 0 Å². The van der Waals surface area contributed by atoms with E-state index in [0.29, 0.717) is 17.3 Å². The Morgan fingerprint density at radius 3 is 2.58 bits per heavy atom. The third kappa shape index (κ3) is 3.96. The van der Waals surface area contributed by atoms with Gasteiger partial charge in [0.05, 0.1) is 29.1 Å². The molecule has 5 heterocycles. The Kier molecular flexibility index (Phi) is 5.38. The van der Waals surface area contributed by atoms with Crippen LogP contribution in [0.25, 0.3) is 22.3 Å². The van der Waals surface area contributed by atoms with Crippen molar-refractivity contribution >= 4 is 28.5 Å². The zero-order valence-electron chi connectivity index (χ0n) is 20.8. The van der Waals surface area contributed by atoms with Gasteiger partial charge < -0.3 is 14.8 Å².